The highest BCUT2D eigenvalue weighted by atomic mass is 35.5. The fourth-order valence-electron chi connectivity index (χ4n) is 2.61. The van der Waals surface area contributed by atoms with E-state index < -0.39 is 0 Å². The molecule has 0 spiro atoms. The summed E-state index contributed by atoms with van der Waals surface area (Å²) in [6.07, 6.45) is 2.35. The van der Waals surface area contributed by atoms with Crippen molar-refractivity contribution < 1.29 is 9.21 Å². The number of amides is 1. The zero-order chi connectivity index (χ0) is 17.6. The summed E-state index contributed by atoms with van der Waals surface area (Å²) in [5, 5.41) is 0.883. The van der Waals surface area contributed by atoms with Gasteiger partial charge in [-0.15, -0.1) is 0 Å². The second-order valence-corrected chi connectivity index (χ2v) is 6.57. The van der Waals surface area contributed by atoms with E-state index in [1.807, 2.05) is 42.5 Å². The molecular weight excluding hydrogens is 357 g/mol. The molecule has 2 aromatic carbocycles. The van der Waals surface area contributed by atoms with Crippen LogP contribution in [0.2, 0.25) is 10.0 Å². The van der Waals surface area contributed by atoms with Crippen LogP contribution in [0.25, 0.3) is 0 Å². The van der Waals surface area contributed by atoms with Crippen molar-refractivity contribution in [3.8, 4) is 0 Å². The van der Waals surface area contributed by atoms with Crippen molar-refractivity contribution in [2.75, 3.05) is 6.54 Å². The molecule has 3 rings (SSSR count). The molecule has 0 bridgehead atoms. The summed E-state index contributed by atoms with van der Waals surface area (Å²) in [4.78, 5) is 14.7. The minimum Gasteiger partial charge on any atom is -0.467 e. The normalized spacial score (nSPS) is 10.6. The highest BCUT2D eigenvalue weighted by Gasteiger charge is 2.18. The first-order chi connectivity index (χ1) is 12.1. The summed E-state index contributed by atoms with van der Waals surface area (Å²) in [7, 11) is 0. The van der Waals surface area contributed by atoms with Crippen molar-refractivity contribution in [2.45, 2.75) is 13.0 Å². The summed E-state index contributed by atoms with van der Waals surface area (Å²) in [6.45, 7) is 0.955. The summed E-state index contributed by atoms with van der Waals surface area (Å²) in [5.41, 5.74) is 1.64. The van der Waals surface area contributed by atoms with Crippen LogP contribution in [0, 0.1) is 0 Å². The molecule has 0 aliphatic heterocycles. The summed E-state index contributed by atoms with van der Waals surface area (Å²) in [6, 6.07) is 18.6. The summed E-state index contributed by atoms with van der Waals surface area (Å²) >= 11 is 12.1. The van der Waals surface area contributed by atoms with Gasteiger partial charge in [0, 0.05) is 22.2 Å². The third-order valence-electron chi connectivity index (χ3n) is 3.84. The van der Waals surface area contributed by atoms with Crippen molar-refractivity contribution in [1.29, 1.82) is 0 Å². The molecule has 0 N–H and O–H groups in total. The van der Waals surface area contributed by atoms with E-state index >= 15 is 0 Å². The molecule has 0 saturated carbocycles. The number of halogens is 2. The molecule has 0 saturated heterocycles. The molecule has 25 heavy (non-hydrogen) atoms. The first-order valence-corrected chi connectivity index (χ1v) is 8.69. The van der Waals surface area contributed by atoms with E-state index in [1.165, 1.54) is 5.56 Å². The highest BCUT2D eigenvalue weighted by Crippen LogP contribution is 2.21. The van der Waals surface area contributed by atoms with Gasteiger partial charge in [-0.2, -0.15) is 0 Å². The lowest BCUT2D eigenvalue weighted by atomic mass is 10.1. The molecule has 3 aromatic rings. The molecule has 0 aliphatic carbocycles. The van der Waals surface area contributed by atoms with Gasteiger partial charge in [-0.05, 0) is 42.3 Å². The fraction of sp³-hybridized carbons (Fsp3) is 0.150. The van der Waals surface area contributed by atoms with Crippen molar-refractivity contribution in [1.82, 2.24) is 4.90 Å². The molecule has 128 valence electrons. The Balaban J connectivity index is 1.80. The molecule has 3 nitrogen and oxygen atoms in total. The number of benzene rings is 2. The van der Waals surface area contributed by atoms with Gasteiger partial charge in [-0.3, -0.25) is 4.79 Å². The second kappa shape index (κ2) is 8.24. The van der Waals surface area contributed by atoms with Crippen LogP contribution in [0.1, 0.15) is 21.7 Å². The van der Waals surface area contributed by atoms with Gasteiger partial charge in [0.2, 0.25) is 0 Å². The topological polar surface area (TPSA) is 33.5 Å². The van der Waals surface area contributed by atoms with Crippen molar-refractivity contribution in [2.24, 2.45) is 0 Å². The zero-order valence-electron chi connectivity index (χ0n) is 13.5. The maximum atomic E-state index is 13.0. The van der Waals surface area contributed by atoms with Gasteiger partial charge in [0.15, 0.2) is 0 Å². The van der Waals surface area contributed by atoms with Gasteiger partial charge < -0.3 is 9.32 Å². The Kier molecular flexibility index (Phi) is 5.79. The molecule has 0 atom stereocenters. The summed E-state index contributed by atoms with van der Waals surface area (Å²) < 4.78 is 5.40. The van der Waals surface area contributed by atoms with E-state index in [2.05, 4.69) is 0 Å². The van der Waals surface area contributed by atoms with Gasteiger partial charge in [0.05, 0.1) is 12.8 Å². The van der Waals surface area contributed by atoms with Crippen molar-refractivity contribution >= 4 is 29.1 Å². The van der Waals surface area contributed by atoms with Crippen LogP contribution < -0.4 is 0 Å². The van der Waals surface area contributed by atoms with E-state index in [0.29, 0.717) is 28.7 Å². The lowest BCUT2D eigenvalue weighted by molar-refractivity contribution is 0.0733. The van der Waals surface area contributed by atoms with E-state index in [9.17, 15) is 4.79 Å². The zero-order valence-corrected chi connectivity index (χ0v) is 15.0. The molecule has 1 aromatic heterocycles. The maximum Gasteiger partial charge on any atom is 0.254 e. The largest absolute Gasteiger partial charge is 0.467 e. The third-order valence-corrected chi connectivity index (χ3v) is 4.27. The van der Waals surface area contributed by atoms with E-state index in [4.69, 9.17) is 27.6 Å². The molecule has 0 unspecified atom stereocenters. The van der Waals surface area contributed by atoms with Gasteiger partial charge in [0.1, 0.15) is 5.76 Å². The predicted octanol–water partition coefficient (Wildman–Crippen LogP) is 5.47. The van der Waals surface area contributed by atoms with Gasteiger partial charge in [-0.25, -0.2) is 0 Å². The Morgan fingerprint density at radius 1 is 0.960 bits per heavy atom. The smallest absolute Gasteiger partial charge is 0.254 e. The average molecular weight is 374 g/mol. The Morgan fingerprint density at radius 2 is 1.68 bits per heavy atom. The molecule has 0 aliphatic rings. The van der Waals surface area contributed by atoms with Crippen LogP contribution in [0.5, 0.6) is 0 Å². The number of furan rings is 1. The van der Waals surface area contributed by atoms with Crippen LogP contribution in [0.4, 0.5) is 0 Å². The van der Waals surface area contributed by atoms with E-state index in [1.54, 1.807) is 29.4 Å². The molecule has 0 fully saturated rings. The number of hydrogen-bond acceptors (Lipinski definition) is 2. The van der Waals surface area contributed by atoms with Crippen molar-refractivity contribution in [3.05, 3.63) is 93.9 Å². The van der Waals surface area contributed by atoms with Gasteiger partial charge >= 0.3 is 0 Å². The number of rotatable bonds is 6. The standard InChI is InChI=1S/C20H17Cl2NO2/c21-17-11-16(12-18(22)13-17)20(24)23(14-19-7-4-10-25-19)9-8-15-5-2-1-3-6-15/h1-7,10-13H,8-9,14H2. The monoisotopic (exact) mass is 373 g/mol. The molecule has 1 heterocycles. The lowest BCUT2D eigenvalue weighted by Gasteiger charge is -2.22. The van der Waals surface area contributed by atoms with Crippen LogP contribution in [-0.4, -0.2) is 17.4 Å². The average Bonchev–Trinajstić information content (AvgIpc) is 3.11. The van der Waals surface area contributed by atoms with Crippen LogP contribution in [-0.2, 0) is 13.0 Å². The number of carbonyl (C=O) groups is 1. The van der Waals surface area contributed by atoms with E-state index in [-0.39, 0.29) is 5.91 Å². The minimum absolute atomic E-state index is 0.128. The van der Waals surface area contributed by atoms with Crippen LogP contribution in [0.15, 0.2) is 71.3 Å². The van der Waals surface area contributed by atoms with Gasteiger partial charge in [0.25, 0.3) is 5.91 Å². The minimum atomic E-state index is -0.128. The summed E-state index contributed by atoms with van der Waals surface area (Å²) in [5.74, 6) is 0.603. The Hall–Kier alpha value is -2.23. The molecule has 1 amide bonds. The van der Waals surface area contributed by atoms with Crippen LogP contribution in [0.3, 0.4) is 0 Å². The number of nitrogens with zero attached hydrogens (tertiary/aromatic N) is 1. The molecular formula is C20H17Cl2NO2. The van der Waals surface area contributed by atoms with Crippen molar-refractivity contribution in [3.63, 3.8) is 0 Å². The lowest BCUT2D eigenvalue weighted by Crippen LogP contribution is -2.32. The SMILES string of the molecule is O=C(c1cc(Cl)cc(Cl)c1)N(CCc1ccccc1)Cc1ccco1. The first-order valence-electron chi connectivity index (χ1n) is 7.93. The molecule has 0 radical (unpaired) electrons. The fourth-order valence-corrected chi connectivity index (χ4v) is 3.14. The van der Waals surface area contributed by atoms with Gasteiger partial charge in [-0.1, -0.05) is 53.5 Å². The Morgan fingerprint density at radius 3 is 2.32 bits per heavy atom. The predicted molar refractivity (Wildman–Crippen MR) is 100 cm³/mol. The molecule has 5 heteroatoms. The van der Waals surface area contributed by atoms with Crippen LogP contribution >= 0.6 is 23.2 Å². The Bertz CT molecular complexity index is 812. The Labute approximate surface area is 156 Å². The number of hydrogen-bond donors (Lipinski definition) is 0. The maximum absolute atomic E-state index is 13.0. The number of carbonyl (C=O) groups excluding carboxylic acids is 1. The highest BCUT2D eigenvalue weighted by molar-refractivity contribution is 6.35. The first kappa shape index (κ1) is 17.6. The van der Waals surface area contributed by atoms with E-state index in [0.717, 1.165) is 12.2 Å². The quantitative estimate of drug-likeness (QED) is 0.573. The second-order valence-electron chi connectivity index (χ2n) is 5.70. The third kappa shape index (κ3) is 4.88.